The smallest absolute Gasteiger partial charge is 0.416 e. The highest BCUT2D eigenvalue weighted by molar-refractivity contribution is 7.13. The van der Waals surface area contributed by atoms with Gasteiger partial charge in [0.1, 0.15) is 23.1 Å². The molecule has 2 aromatic carbocycles. The van der Waals surface area contributed by atoms with Crippen LogP contribution in [0.15, 0.2) is 41.8 Å². The van der Waals surface area contributed by atoms with Crippen molar-refractivity contribution in [3.63, 3.8) is 0 Å². The summed E-state index contributed by atoms with van der Waals surface area (Å²) >= 11 is 1.29. The summed E-state index contributed by atoms with van der Waals surface area (Å²) in [6.45, 7) is -0.524. The fraction of sp³-hybridized carbons (Fsp3) is 0.250. The lowest BCUT2D eigenvalue weighted by atomic mass is 10.1. The van der Waals surface area contributed by atoms with Gasteiger partial charge in [-0.3, -0.25) is 0 Å². The SMILES string of the molecule is COc1cc(CO)c(OCc2csc(-c3ccc(C(F)(F)F)cc3)n2)c(CO)c1. The molecule has 0 fully saturated rings. The first kappa shape index (κ1) is 21.1. The largest absolute Gasteiger partial charge is 0.497 e. The van der Waals surface area contributed by atoms with E-state index < -0.39 is 11.7 Å². The molecule has 0 saturated heterocycles. The van der Waals surface area contributed by atoms with E-state index >= 15 is 0 Å². The van der Waals surface area contributed by atoms with Crippen molar-refractivity contribution in [1.82, 2.24) is 4.98 Å². The minimum Gasteiger partial charge on any atom is -0.497 e. The second kappa shape index (κ2) is 8.81. The van der Waals surface area contributed by atoms with Crippen LogP contribution in [-0.4, -0.2) is 22.3 Å². The molecule has 29 heavy (non-hydrogen) atoms. The molecule has 1 aromatic heterocycles. The molecule has 0 spiro atoms. The number of ether oxygens (including phenoxy) is 2. The summed E-state index contributed by atoms with van der Waals surface area (Å²) in [6.07, 6.45) is -4.38. The van der Waals surface area contributed by atoms with Crippen LogP contribution in [0.25, 0.3) is 10.6 Å². The number of rotatable bonds is 7. The van der Waals surface area contributed by atoms with Crippen molar-refractivity contribution in [2.24, 2.45) is 0 Å². The van der Waals surface area contributed by atoms with Crippen molar-refractivity contribution < 1.29 is 32.9 Å². The molecular formula is C20H18F3NO4S. The minimum absolute atomic E-state index is 0.0729. The Bertz CT molecular complexity index is 946. The molecule has 0 aliphatic carbocycles. The molecule has 0 atom stereocenters. The van der Waals surface area contributed by atoms with Gasteiger partial charge in [0.25, 0.3) is 0 Å². The van der Waals surface area contributed by atoms with E-state index in [4.69, 9.17) is 9.47 Å². The highest BCUT2D eigenvalue weighted by Crippen LogP contribution is 2.33. The number of alkyl halides is 3. The zero-order valence-electron chi connectivity index (χ0n) is 15.4. The first-order chi connectivity index (χ1) is 13.9. The van der Waals surface area contributed by atoms with Crippen LogP contribution in [0.3, 0.4) is 0 Å². The Balaban J connectivity index is 1.76. The van der Waals surface area contributed by atoms with Gasteiger partial charge in [-0.15, -0.1) is 11.3 Å². The van der Waals surface area contributed by atoms with E-state index in [9.17, 15) is 23.4 Å². The van der Waals surface area contributed by atoms with Crippen molar-refractivity contribution in [2.45, 2.75) is 26.0 Å². The van der Waals surface area contributed by atoms with Gasteiger partial charge in [-0.05, 0) is 24.3 Å². The third-order valence-corrected chi connectivity index (χ3v) is 5.11. The first-order valence-corrected chi connectivity index (χ1v) is 9.40. The maximum absolute atomic E-state index is 12.7. The highest BCUT2D eigenvalue weighted by Gasteiger charge is 2.30. The fourth-order valence-corrected chi connectivity index (χ4v) is 3.52. The number of methoxy groups -OCH3 is 1. The zero-order valence-corrected chi connectivity index (χ0v) is 16.2. The van der Waals surface area contributed by atoms with Gasteiger partial charge in [0.2, 0.25) is 0 Å². The lowest BCUT2D eigenvalue weighted by Crippen LogP contribution is -2.04. The van der Waals surface area contributed by atoms with E-state index in [0.29, 0.717) is 38.9 Å². The van der Waals surface area contributed by atoms with Crippen LogP contribution >= 0.6 is 11.3 Å². The predicted molar refractivity (Wildman–Crippen MR) is 102 cm³/mol. The number of nitrogens with zero attached hydrogens (tertiary/aromatic N) is 1. The van der Waals surface area contributed by atoms with E-state index in [0.717, 1.165) is 12.1 Å². The van der Waals surface area contributed by atoms with E-state index in [-0.39, 0.29) is 19.8 Å². The van der Waals surface area contributed by atoms with Gasteiger partial charge in [0, 0.05) is 22.1 Å². The monoisotopic (exact) mass is 425 g/mol. The van der Waals surface area contributed by atoms with Gasteiger partial charge in [-0.25, -0.2) is 4.98 Å². The number of aliphatic hydroxyl groups is 2. The molecule has 1 heterocycles. The Hall–Kier alpha value is -2.62. The first-order valence-electron chi connectivity index (χ1n) is 8.52. The van der Waals surface area contributed by atoms with Gasteiger partial charge in [0.15, 0.2) is 0 Å². The molecule has 0 unspecified atom stereocenters. The zero-order chi connectivity index (χ0) is 21.0. The molecule has 0 saturated carbocycles. The Morgan fingerprint density at radius 1 is 1.03 bits per heavy atom. The van der Waals surface area contributed by atoms with E-state index in [1.54, 1.807) is 17.5 Å². The van der Waals surface area contributed by atoms with Crippen molar-refractivity contribution in [3.05, 3.63) is 64.2 Å². The second-order valence-electron chi connectivity index (χ2n) is 6.10. The van der Waals surface area contributed by atoms with Crippen molar-refractivity contribution in [2.75, 3.05) is 7.11 Å². The van der Waals surface area contributed by atoms with Crippen LogP contribution in [0.5, 0.6) is 11.5 Å². The number of benzene rings is 2. The fourth-order valence-electron chi connectivity index (χ4n) is 2.71. The molecule has 0 amide bonds. The van der Waals surface area contributed by atoms with E-state index in [1.807, 2.05) is 0 Å². The molecular weight excluding hydrogens is 407 g/mol. The number of hydrogen-bond acceptors (Lipinski definition) is 6. The third-order valence-electron chi connectivity index (χ3n) is 4.17. The summed E-state index contributed by atoms with van der Waals surface area (Å²) in [4.78, 5) is 4.39. The predicted octanol–water partition coefficient (Wildman–Crippen LogP) is 4.40. The number of halogens is 3. The second-order valence-corrected chi connectivity index (χ2v) is 6.96. The Morgan fingerprint density at radius 2 is 1.66 bits per heavy atom. The van der Waals surface area contributed by atoms with Crippen LogP contribution in [0.4, 0.5) is 13.2 Å². The van der Waals surface area contributed by atoms with Gasteiger partial charge < -0.3 is 19.7 Å². The molecule has 2 N–H and O–H groups in total. The summed E-state index contributed by atoms with van der Waals surface area (Å²) in [7, 11) is 1.48. The molecule has 0 aliphatic rings. The average molecular weight is 425 g/mol. The molecule has 3 rings (SSSR count). The van der Waals surface area contributed by atoms with Crippen LogP contribution in [0, 0.1) is 0 Å². The Kier molecular flexibility index (Phi) is 6.41. The summed E-state index contributed by atoms with van der Waals surface area (Å²) in [5.41, 5.74) is 1.37. The van der Waals surface area contributed by atoms with E-state index in [1.165, 1.54) is 30.6 Å². The highest BCUT2D eigenvalue weighted by atomic mass is 32.1. The lowest BCUT2D eigenvalue weighted by Gasteiger charge is -2.15. The molecule has 9 heteroatoms. The summed E-state index contributed by atoms with van der Waals surface area (Å²) < 4.78 is 49.0. The van der Waals surface area contributed by atoms with Crippen molar-refractivity contribution in [3.8, 4) is 22.1 Å². The molecule has 0 radical (unpaired) electrons. The number of aliphatic hydroxyl groups excluding tert-OH is 2. The summed E-state index contributed by atoms with van der Waals surface area (Å²) in [6, 6.07) is 8.02. The normalized spacial score (nSPS) is 11.5. The molecule has 154 valence electrons. The van der Waals surface area contributed by atoms with Gasteiger partial charge in [0.05, 0.1) is 31.6 Å². The standard InChI is InChI=1S/C20H18F3NO4S/c1-27-17-6-13(8-25)18(14(7-17)9-26)28-10-16-11-29-19(24-16)12-2-4-15(5-3-12)20(21,22)23/h2-7,11,25-26H,8-10H2,1H3. The Morgan fingerprint density at radius 3 is 2.17 bits per heavy atom. The quantitative estimate of drug-likeness (QED) is 0.587. The van der Waals surface area contributed by atoms with Gasteiger partial charge >= 0.3 is 6.18 Å². The van der Waals surface area contributed by atoms with Crippen LogP contribution in [0.1, 0.15) is 22.4 Å². The number of hydrogen-bond donors (Lipinski definition) is 2. The minimum atomic E-state index is -4.38. The summed E-state index contributed by atoms with van der Waals surface area (Å²) in [5, 5.41) is 21.5. The molecule has 0 aliphatic heterocycles. The van der Waals surface area contributed by atoms with Gasteiger partial charge in [-0.1, -0.05) is 12.1 Å². The third kappa shape index (κ3) is 4.87. The topological polar surface area (TPSA) is 71.8 Å². The maximum Gasteiger partial charge on any atom is 0.416 e. The van der Waals surface area contributed by atoms with E-state index in [2.05, 4.69) is 4.98 Å². The maximum atomic E-state index is 12.7. The van der Waals surface area contributed by atoms with Crippen molar-refractivity contribution in [1.29, 1.82) is 0 Å². The van der Waals surface area contributed by atoms with Gasteiger partial charge in [-0.2, -0.15) is 13.2 Å². The molecule has 0 bridgehead atoms. The average Bonchev–Trinajstić information content (AvgIpc) is 3.20. The van der Waals surface area contributed by atoms with Crippen LogP contribution in [-0.2, 0) is 26.0 Å². The molecule has 3 aromatic rings. The number of aromatic nitrogens is 1. The number of thiazole rings is 1. The van der Waals surface area contributed by atoms with Crippen LogP contribution in [0.2, 0.25) is 0 Å². The summed E-state index contributed by atoms with van der Waals surface area (Å²) in [5.74, 6) is 0.837. The lowest BCUT2D eigenvalue weighted by molar-refractivity contribution is -0.137. The van der Waals surface area contributed by atoms with Crippen LogP contribution < -0.4 is 9.47 Å². The Labute approximate surface area is 169 Å². The molecule has 5 nitrogen and oxygen atoms in total. The van der Waals surface area contributed by atoms with Crippen molar-refractivity contribution >= 4 is 11.3 Å².